The maximum Gasteiger partial charge on any atom is 0.0512 e. The summed E-state index contributed by atoms with van der Waals surface area (Å²) >= 11 is 0. The number of rotatable bonds is 3. The second-order valence-electron chi connectivity index (χ2n) is 5.33. The summed E-state index contributed by atoms with van der Waals surface area (Å²) in [4.78, 5) is 0. The number of aryl methyl sites for hydroxylation is 1. The highest BCUT2D eigenvalue weighted by Crippen LogP contribution is 2.29. The van der Waals surface area contributed by atoms with Gasteiger partial charge in [-0.15, -0.1) is 0 Å². The van der Waals surface area contributed by atoms with Crippen molar-refractivity contribution in [1.29, 1.82) is 0 Å². The lowest BCUT2D eigenvalue weighted by molar-refractivity contribution is 0.465. The number of para-hydroxylation sites is 1. The molecule has 0 N–H and O–H groups in total. The number of nitrogens with zero attached hydrogens (tertiary/aromatic N) is 1. The topological polar surface area (TPSA) is 4.93 Å². The molecule has 1 aliphatic rings. The number of benzene rings is 1. The van der Waals surface area contributed by atoms with Gasteiger partial charge in [0.2, 0.25) is 0 Å². The average molecular weight is 227 g/mol. The maximum absolute atomic E-state index is 2.49. The zero-order valence-electron chi connectivity index (χ0n) is 10.7. The van der Waals surface area contributed by atoms with E-state index in [4.69, 9.17) is 0 Å². The van der Waals surface area contributed by atoms with Crippen molar-refractivity contribution in [3.05, 3.63) is 36.0 Å². The van der Waals surface area contributed by atoms with E-state index in [-0.39, 0.29) is 0 Å². The van der Waals surface area contributed by atoms with E-state index in [1.807, 2.05) is 0 Å². The van der Waals surface area contributed by atoms with Gasteiger partial charge in [0.15, 0.2) is 0 Å². The standard InChI is InChI=1S/C16H21N/c1-2-14-8-5-9-15-10-11-17(16(14)15)12-13-6-3-4-7-13/h5,8-11,13H,2-4,6-7,12H2,1H3. The van der Waals surface area contributed by atoms with Crippen molar-refractivity contribution < 1.29 is 0 Å². The maximum atomic E-state index is 2.49. The van der Waals surface area contributed by atoms with Crippen molar-refractivity contribution in [2.45, 2.75) is 45.6 Å². The highest BCUT2D eigenvalue weighted by Gasteiger charge is 2.16. The molecule has 0 aliphatic heterocycles. The molecule has 1 heteroatoms. The molecule has 0 unspecified atom stereocenters. The van der Waals surface area contributed by atoms with Gasteiger partial charge in [0, 0.05) is 12.7 Å². The van der Waals surface area contributed by atoms with Crippen LogP contribution in [0.4, 0.5) is 0 Å². The van der Waals surface area contributed by atoms with Gasteiger partial charge >= 0.3 is 0 Å². The molecule has 1 saturated carbocycles. The minimum Gasteiger partial charge on any atom is -0.347 e. The molecular weight excluding hydrogens is 206 g/mol. The summed E-state index contributed by atoms with van der Waals surface area (Å²) in [6.45, 7) is 3.47. The van der Waals surface area contributed by atoms with E-state index in [1.165, 1.54) is 48.7 Å². The Balaban J connectivity index is 1.98. The molecule has 0 atom stereocenters. The first-order valence-electron chi connectivity index (χ1n) is 6.95. The number of hydrogen-bond acceptors (Lipinski definition) is 0. The van der Waals surface area contributed by atoms with Crippen LogP contribution in [-0.2, 0) is 13.0 Å². The van der Waals surface area contributed by atoms with Gasteiger partial charge in [-0.3, -0.25) is 0 Å². The van der Waals surface area contributed by atoms with Crippen LogP contribution in [0.5, 0.6) is 0 Å². The van der Waals surface area contributed by atoms with Crippen molar-refractivity contribution in [3.63, 3.8) is 0 Å². The highest BCUT2D eigenvalue weighted by molar-refractivity contribution is 5.83. The lowest BCUT2D eigenvalue weighted by Gasteiger charge is -2.13. The Morgan fingerprint density at radius 3 is 2.76 bits per heavy atom. The van der Waals surface area contributed by atoms with Gasteiger partial charge in [0.05, 0.1) is 5.52 Å². The van der Waals surface area contributed by atoms with Crippen LogP contribution in [0, 0.1) is 5.92 Å². The molecule has 0 radical (unpaired) electrons. The van der Waals surface area contributed by atoms with Crippen molar-refractivity contribution in [1.82, 2.24) is 4.57 Å². The summed E-state index contributed by atoms with van der Waals surface area (Å²) in [6.07, 6.45) is 9.13. The monoisotopic (exact) mass is 227 g/mol. The highest BCUT2D eigenvalue weighted by atomic mass is 15.0. The molecule has 1 aromatic carbocycles. The van der Waals surface area contributed by atoms with Gasteiger partial charge in [-0.2, -0.15) is 0 Å². The normalized spacial score (nSPS) is 17.0. The predicted molar refractivity (Wildman–Crippen MR) is 73.3 cm³/mol. The summed E-state index contributed by atoms with van der Waals surface area (Å²) in [5.74, 6) is 0.913. The third-order valence-electron chi connectivity index (χ3n) is 4.18. The van der Waals surface area contributed by atoms with Crippen molar-refractivity contribution in [3.8, 4) is 0 Å². The number of hydrogen-bond donors (Lipinski definition) is 0. The Morgan fingerprint density at radius 2 is 2.00 bits per heavy atom. The van der Waals surface area contributed by atoms with Crippen LogP contribution >= 0.6 is 0 Å². The molecule has 1 fully saturated rings. The molecule has 3 rings (SSSR count). The molecule has 1 heterocycles. The Kier molecular flexibility index (Phi) is 2.92. The molecule has 1 nitrogen and oxygen atoms in total. The molecule has 0 bridgehead atoms. The second kappa shape index (κ2) is 4.56. The fourth-order valence-corrected chi connectivity index (χ4v) is 3.25. The van der Waals surface area contributed by atoms with Crippen molar-refractivity contribution in [2.75, 3.05) is 0 Å². The van der Waals surface area contributed by atoms with E-state index in [2.05, 4.69) is 42.0 Å². The Bertz CT molecular complexity index is 503. The largest absolute Gasteiger partial charge is 0.347 e. The van der Waals surface area contributed by atoms with Gasteiger partial charge in [-0.1, -0.05) is 38.0 Å². The van der Waals surface area contributed by atoms with Crippen LogP contribution in [0.3, 0.4) is 0 Å². The third kappa shape index (κ3) is 1.99. The van der Waals surface area contributed by atoms with E-state index in [9.17, 15) is 0 Å². The molecule has 0 saturated heterocycles. The fraction of sp³-hybridized carbons (Fsp3) is 0.500. The summed E-state index contributed by atoms with van der Waals surface area (Å²) in [5, 5.41) is 1.40. The summed E-state index contributed by atoms with van der Waals surface area (Å²) in [7, 11) is 0. The quantitative estimate of drug-likeness (QED) is 0.732. The Labute approximate surface area is 103 Å². The van der Waals surface area contributed by atoms with Crippen molar-refractivity contribution >= 4 is 10.9 Å². The first-order valence-corrected chi connectivity index (χ1v) is 6.95. The Hall–Kier alpha value is -1.24. The van der Waals surface area contributed by atoms with E-state index >= 15 is 0 Å². The zero-order chi connectivity index (χ0) is 11.7. The molecule has 1 aromatic heterocycles. The Morgan fingerprint density at radius 1 is 1.18 bits per heavy atom. The molecule has 90 valence electrons. The lowest BCUT2D eigenvalue weighted by Crippen LogP contribution is -2.06. The second-order valence-corrected chi connectivity index (χ2v) is 5.33. The molecule has 2 aromatic rings. The van der Waals surface area contributed by atoms with Crippen LogP contribution in [0.15, 0.2) is 30.5 Å². The predicted octanol–water partition coefficient (Wildman–Crippen LogP) is 4.39. The molecule has 1 aliphatic carbocycles. The van der Waals surface area contributed by atoms with Crippen LogP contribution in [0.1, 0.15) is 38.2 Å². The van der Waals surface area contributed by atoms with Gasteiger partial charge < -0.3 is 4.57 Å². The van der Waals surface area contributed by atoms with Crippen LogP contribution < -0.4 is 0 Å². The van der Waals surface area contributed by atoms with E-state index in [0.29, 0.717) is 0 Å². The molecule has 0 amide bonds. The SMILES string of the molecule is CCc1cccc2ccn(CC3CCCC3)c12. The lowest BCUT2D eigenvalue weighted by atomic mass is 10.1. The van der Waals surface area contributed by atoms with Gasteiger partial charge in [0.25, 0.3) is 0 Å². The first-order chi connectivity index (χ1) is 8.38. The first kappa shape index (κ1) is 10.9. The zero-order valence-corrected chi connectivity index (χ0v) is 10.7. The van der Waals surface area contributed by atoms with Gasteiger partial charge in [-0.25, -0.2) is 0 Å². The van der Waals surface area contributed by atoms with Crippen LogP contribution in [0.25, 0.3) is 10.9 Å². The van der Waals surface area contributed by atoms with E-state index in [1.54, 1.807) is 0 Å². The summed E-state index contributed by atoms with van der Waals surface area (Å²) in [5.41, 5.74) is 2.97. The van der Waals surface area contributed by atoms with E-state index in [0.717, 1.165) is 12.3 Å². The van der Waals surface area contributed by atoms with Crippen molar-refractivity contribution in [2.24, 2.45) is 5.92 Å². The fourth-order valence-electron chi connectivity index (χ4n) is 3.25. The third-order valence-corrected chi connectivity index (χ3v) is 4.18. The van der Waals surface area contributed by atoms with Gasteiger partial charge in [-0.05, 0) is 42.2 Å². The number of fused-ring (bicyclic) bond motifs is 1. The van der Waals surface area contributed by atoms with Gasteiger partial charge in [0.1, 0.15) is 0 Å². The molecular formula is C16H21N. The number of aromatic nitrogens is 1. The summed E-state index contributed by atoms with van der Waals surface area (Å²) < 4.78 is 2.49. The van der Waals surface area contributed by atoms with E-state index < -0.39 is 0 Å². The summed E-state index contributed by atoms with van der Waals surface area (Å²) in [6, 6.07) is 8.96. The van der Waals surface area contributed by atoms with Crippen LogP contribution in [0.2, 0.25) is 0 Å². The minimum atomic E-state index is 0.913. The van der Waals surface area contributed by atoms with Crippen LogP contribution in [-0.4, -0.2) is 4.57 Å². The molecule has 0 spiro atoms. The smallest absolute Gasteiger partial charge is 0.0512 e. The molecule has 17 heavy (non-hydrogen) atoms. The average Bonchev–Trinajstić information content (AvgIpc) is 2.99. The minimum absolute atomic E-state index is 0.913.